The average Bonchev–Trinajstić information content (AvgIpc) is 3.23. The van der Waals surface area contributed by atoms with Crippen LogP contribution in [0.1, 0.15) is 17.3 Å². The summed E-state index contributed by atoms with van der Waals surface area (Å²) in [4.78, 5) is 20.4. The van der Waals surface area contributed by atoms with Gasteiger partial charge < -0.3 is 15.0 Å². The molecule has 1 unspecified atom stereocenters. The number of para-hydroxylation sites is 1. The number of carbonyl (C=O) groups excluding carboxylic acids is 1. The van der Waals surface area contributed by atoms with Crippen LogP contribution in [-0.2, 0) is 11.2 Å². The number of thiazole rings is 1. The molecule has 1 aromatic carbocycles. The number of imidazole rings is 1. The number of methoxy groups -OCH3 is 1. The van der Waals surface area contributed by atoms with Crippen LogP contribution in [-0.4, -0.2) is 46.9 Å². The number of halogens is 1. The van der Waals surface area contributed by atoms with Crippen molar-refractivity contribution in [3.8, 4) is 5.75 Å². The molecule has 1 atom stereocenters. The summed E-state index contributed by atoms with van der Waals surface area (Å²) in [5.74, 6) is 0.916. The Morgan fingerprint density at radius 2 is 2.27 bits per heavy atom. The lowest BCUT2D eigenvalue weighted by molar-refractivity contribution is -0.133. The molecular formula is C18H21ClN4O2S. The Balaban J connectivity index is 0.00000196. The molecule has 4 rings (SSSR count). The van der Waals surface area contributed by atoms with Gasteiger partial charge in [0, 0.05) is 43.0 Å². The number of hydrogen-bond acceptors (Lipinski definition) is 5. The summed E-state index contributed by atoms with van der Waals surface area (Å²) in [7, 11) is 1.67. The highest BCUT2D eigenvalue weighted by Gasteiger charge is 2.30. The van der Waals surface area contributed by atoms with Gasteiger partial charge in [0.15, 0.2) is 4.96 Å². The minimum absolute atomic E-state index is 0. The van der Waals surface area contributed by atoms with Crippen molar-refractivity contribution >= 4 is 34.6 Å². The summed E-state index contributed by atoms with van der Waals surface area (Å²) in [5, 5.41) is 5.37. The van der Waals surface area contributed by atoms with Crippen molar-refractivity contribution in [2.75, 3.05) is 26.7 Å². The highest BCUT2D eigenvalue weighted by atomic mass is 35.5. The minimum atomic E-state index is -0.0267. The fraction of sp³-hybridized carbons (Fsp3) is 0.333. The molecule has 0 saturated carbocycles. The first-order valence-electron chi connectivity index (χ1n) is 8.30. The van der Waals surface area contributed by atoms with Gasteiger partial charge >= 0.3 is 0 Å². The SMILES string of the molecule is COc1ccccc1C1CNCCN1C(=O)Cc1cn2ccsc2n1.Cl. The summed E-state index contributed by atoms with van der Waals surface area (Å²) in [5.41, 5.74) is 1.85. The molecule has 0 radical (unpaired) electrons. The molecule has 1 amide bonds. The van der Waals surface area contributed by atoms with Crippen LogP contribution in [0, 0.1) is 0 Å². The van der Waals surface area contributed by atoms with Crippen LogP contribution in [0.25, 0.3) is 4.96 Å². The van der Waals surface area contributed by atoms with Crippen LogP contribution in [0.3, 0.4) is 0 Å². The molecule has 1 aliphatic rings. The Morgan fingerprint density at radius 3 is 3.08 bits per heavy atom. The third-order valence-electron chi connectivity index (χ3n) is 4.54. The molecule has 138 valence electrons. The van der Waals surface area contributed by atoms with Gasteiger partial charge in [-0.15, -0.1) is 23.7 Å². The second-order valence-corrected chi connectivity index (χ2v) is 6.92. The molecular weight excluding hydrogens is 372 g/mol. The number of nitrogens with zero attached hydrogens (tertiary/aromatic N) is 3. The predicted molar refractivity (Wildman–Crippen MR) is 104 cm³/mol. The second-order valence-electron chi connectivity index (χ2n) is 6.05. The standard InChI is InChI=1S/C18H20N4O2S.ClH/c1-24-16-5-3-2-4-14(16)15-11-19-6-7-22(15)17(23)10-13-12-21-8-9-25-18(21)20-13;/h2-5,8-9,12,15,19H,6-7,10-11H2,1H3;1H. The first-order valence-corrected chi connectivity index (χ1v) is 9.18. The van der Waals surface area contributed by atoms with Gasteiger partial charge in [-0.3, -0.25) is 9.20 Å². The van der Waals surface area contributed by atoms with Crippen LogP contribution in [0.15, 0.2) is 42.0 Å². The van der Waals surface area contributed by atoms with Gasteiger partial charge in [0.2, 0.25) is 5.91 Å². The minimum Gasteiger partial charge on any atom is -0.496 e. The molecule has 0 aliphatic carbocycles. The molecule has 1 aliphatic heterocycles. The van der Waals surface area contributed by atoms with E-state index in [0.29, 0.717) is 13.0 Å². The number of piperazine rings is 1. The highest BCUT2D eigenvalue weighted by molar-refractivity contribution is 7.15. The van der Waals surface area contributed by atoms with Crippen molar-refractivity contribution in [1.82, 2.24) is 19.6 Å². The van der Waals surface area contributed by atoms with E-state index >= 15 is 0 Å². The Labute approximate surface area is 162 Å². The van der Waals surface area contributed by atoms with Crippen LogP contribution in [0.5, 0.6) is 5.75 Å². The van der Waals surface area contributed by atoms with Gasteiger partial charge in [-0.2, -0.15) is 0 Å². The van der Waals surface area contributed by atoms with E-state index in [1.54, 1.807) is 18.4 Å². The molecule has 0 spiro atoms. The Hall–Kier alpha value is -2.09. The fourth-order valence-electron chi connectivity index (χ4n) is 3.34. The van der Waals surface area contributed by atoms with E-state index < -0.39 is 0 Å². The third kappa shape index (κ3) is 3.56. The molecule has 1 saturated heterocycles. The quantitative estimate of drug-likeness (QED) is 0.741. The van der Waals surface area contributed by atoms with Gasteiger partial charge in [0.05, 0.1) is 25.3 Å². The van der Waals surface area contributed by atoms with E-state index in [1.807, 2.05) is 51.3 Å². The highest BCUT2D eigenvalue weighted by Crippen LogP contribution is 2.30. The number of nitrogens with one attached hydrogen (secondary N) is 1. The molecule has 1 fully saturated rings. The lowest BCUT2D eigenvalue weighted by Gasteiger charge is -2.37. The smallest absolute Gasteiger partial charge is 0.229 e. The summed E-state index contributed by atoms with van der Waals surface area (Å²) < 4.78 is 7.46. The molecule has 8 heteroatoms. The number of fused-ring (bicyclic) bond motifs is 1. The van der Waals surface area contributed by atoms with Crippen molar-refractivity contribution in [3.63, 3.8) is 0 Å². The average molecular weight is 393 g/mol. The van der Waals surface area contributed by atoms with E-state index in [2.05, 4.69) is 10.3 Å². The van der Waals surface area contributed by atoms with E-state index in [4.69, 9.17) is 4.74 Å². The number of carbonyl (C=O) groups is 1. The van der Waals surface area contributed by atoms with Crippen LogP contribution < -0.4 is 10.1 Å². The van der Waals surface area contributed by atoms with E-state index in [-0.39, 0.29) is 24.4 Å². The maximum atomic E-state index is 13.0. The summed E-state index contributed by atoms with van der Waals surface area (Å²) in [6, 6.07) is 7.88. The van der Waals surface area contributed by atoms with Gasteiger partial charge in [0.1, 0.15) is 5.75 Å². The number of benzene rings is 1. The normalized spacial score (nSPS) is 17.1. The Kier molecular flexibility index (Phi) is 5.80. The Bertz CT molecular complexity index is 866. The van der Waals surface area contributed by atoms with Gasteiger partial charge in [-0.1, -0.05) is 18.2 Å². The van der Waals surface area contributed by atoms with E-state index in [0.717, 1.165) is 35.1 Å². The zero-order chi connectivity index (χ0) is 17.2. The van der Waals surface area contributed by atoms with Gasteiger partial charge in [-0.25, -0.2) is 4.98 Å². The topological polar surface area (TPSA) is 58.9 Å². The maximum absolute atomic E-state index is 13.0. The zero-order valence-corrected chi connectivity index (χ0v) is 16.1. The summed E-state index contributed by atoms with van der Waals surface area (Å²) in [6.45, 7) is 2.21. The molecule has 26 heavy (non-hydrogen) atoms. The predicted octanol–water partition coefficient (Wildman–Crippen LogP) is 2.54. The van der Waals surface area contributed by atoms with Crippen LogP contribution in [0.2, 0.25) is 0 Å². The molecule has 6 nitrogen and oxygen atoms in total. The maximum Gasteiger partial charge on any atom is 0.229 e. The lowest BCUT2D eigenvalue weighted by Crippen LogP contribution is -2.49. The first-order chi connectivity index (χ1) is 12.3. The molecule has 3 aromatic rings. The van der Waals surface area contributed by atoms with Gasteiger partial charge in [0.25, 0.3) is 0 Å². The first kappa shape index (κ1) is 18.7. The number of hydrogen-bond donors (Lipinski definition) is 1. The number of ether oxygens (including phenoxy) is 1. The summed E-state index contributed by atoms with van der Waals surface area (Å²) >= 11 is 1.57. The van der Waals surface area contributed by atoms with Crippen molar-refractivity contribution < 1.29 is 9.53 Å². The lowest BCUT2D eigenvalue weighted by atomic mass is 10.0. The Morgan fingerprint density at radius 1 is 1.42 bits per heavy atom. The monoisotopic (exact) mass is 392 g/mol. The number of amides is 1. The van der Waals surface area contributed by atoms with Crippen molar-refractivity contribution in [2.45, 2.75) is 12.5 Å². The number of rotatable bonds is 4. The van der Waals surface area contributed by atoms with Crippen molar-refractivity contribution in [3.05, 3.63) is 53.3 Å². The fourth-order valence-corrected chi connectivity index (χ4v) is 4.06. The van der Waals surface area contributed by atoms with Crippen LogP contribution >= 0.6 is 23.7 Å². The van der Waals surface area contributed by atoms with Crippen LogP contribution in [0.4, 0.5) is 0 Å². The zero-order valence-electron chi connectivity index (χ0n) is 14.4. The molecule has 3 heterocycles. The molecule has 0 bridgehead atoms. The number of aromatic nitrogens is 2. The van der Waals surface area contributed by atoms with Gasteiger partial charge in [-0.05, 0) is 6.07 Å². The van der Waals surface area contributed by atoms with E-state index in [9.17, 15) is 4.79 Å². The molecule has 2 aromatic heterocycles. The van der Waals surface area contributed by atoms with E-state index in [1.165, 1.54) is 0 Å². The largest absolute Gasteiger partial charge is 0.496 e. The second kappa shape index (κ2) is 8.07. The molecule has 1 N–H and O–H groups in total. The summed E-state index contributed by atoms with van der Waals surface area (Å²) in [6.07, 6.45) is 4.22. The van der Waals surface area contributed by atoms with Crippen molar-refractivity contribution in [1.29, 1.82) is 0 Å². The van der Waals surface area contributed by atoms with Crippen molar-refractivity contribution in [2.24, 2.45) is 0 Å². The third-order valence-corrected chi connectivity index (χ3v) is 5.31.